The van der Waals surface area contributed by atoms with E-state index in [1.54, 1.807) is 0 Å². The molecule has 0 radical (unpaired) electrons. The van der Waals surface area contributed by atoms with Crippen molar-refractivity contribution in [3.05, 3.63) is 34.9 Å². The van der Waals surface area contributed by atoms with Crippen molar-refractivity contribution < 1.29 is 4.79 Å². The predicted molar refractivity (Wildman–Crippen MR) is 97.1 cm³/mol. The largest absolute Gasteiger partial charge is 0.346 e. The van der Waals surface area contributed by atoms with Gasteiger partial charge in [0.2, 0.25) is 5.91 Å². The molecule has 1 heterocycles. The van der Waals surface area contributed by atoms with E-state index < -0.39 is 0 Å². The third-order valence-electron chi connectivity index (χ3n) is 5.40. The molecule has 128 valence electrons. The van der Waals surface area contributed by atoms with Gasteiger partial charge in [-0.1, -0.05) is 49.9 Å². The van der Waals surface area contributed by atoms with Crippen molar-refractivity contribution in [1.82, 2.24) is 10.6 Å². The van der Waals surface area contributed by atoms with E-state index in [0.29, 0.717) is 5.92 Å². The molecule has 2 fully saturated rings. The zero-order valence-electron chi connectivity index (χ0n) is 13.6. The van der Waals surface area contributed by atoms with Gasteiger partial charge in [-0.15, -0.1) is 12.4 Å². The fourth-order valence-electron chi connectivity index (χ4n) is 3.64. The standard InChI is InChI=1S/C18H25ClN2O.ClH/c1-13(14-11-20-12-14)17(22)21-18(9-3-2-4-10-18)15-5-7-16(19)8-6-15;/h5-8,13-14,20H,2-4,9-12H2,1H3,(H,21,22);1H. The van der Waals surface area contributed by atoms with E-state index in [1.807, 2.05) is 12.1 Å². The first-order valence-corrected chi connectivity index (χ1v) is 8.77. The zero-order chi connectivity index (χ0) is 15.6. The second-order valence-corrected chi connectivity index (χ2v) is 7.28. The number of rotatable bonds is 4. The Morgan fingerprint density at radius 2 is 1.83 bits per heavy atom. The van der Waals surface area contributed by atoms with Crippen LogP contribution in [-0.2, 0) is 10.3 Å². The minimum absolute atomic E-state index is 0. The Balaban J connectivity index is 0.00000192. The molecule has 2 N–H and O–H groups in total. The Morgan fingerprint density at radius 1 is 1.22 bits per heavy atom. The van der Waals surface area contributed by atoms with Gasteiger partial charge < -0.3 is 10.6 Å². The molecule has 1 saturated carbocycles. The van der Waals surface area contributed by atoms with E-state index in [-0.39, 0.29) is 29.8 Å². The van der Waals surface area contributed by atoms with Gasteiger partial charge in [-0.05, 0) is 49.5 Å². The summed E-state index contributed by atoms with van der Waals surface area (Å²) in [7, 11) is 0. The Kier molecular flexibility index (Phi) is 6.35. The van der Waals surface area contributed by atoms with Crippen molar-refractivity contribution >= 4 is 29.9 Å². The normalized spacial score (nSPS) is 21.7. The van der Waals surface area contributed by atoms with Gasteiger partial charge >= 0.3 is 0 Å². The van der Waals surface area contributed by atoms with E-state index in [0.717, 1.165) is 31.0 Å². The molecule has 5 heteroatoms. The molecule has 1 aromatic carbocycles. The Hall–Kier alpha value is -0.770. The third kappa shape index (κ3) is 4.01. The van der Waals surface area contributed by atoms with Gasteiger partial charge in [0.05, 0.1) is 5.54 Å². The maximum absolute atomic E-state index is 12.7. The van der Waals surface area contributed by atoms with Crippen LogP contribution < -0.4 is 10.6 Å². The molecule has 23 heavy (non-hydrogen) atoms. The molecule has 1 saturated heterocycles. The maximum atomic E-state index is 12.7. The molecule has 0 aromatic heterocycles. The molecule has 0 bridgehead atoms. The molecular formula is C18H26Cl2N2O. The Morgan fingerprint density at radius 3 is 2.35 bits per heavy atom. The lowest BCUT2D eigenvalue weighted by molar-refractivity contribution is -0.129. The van der Waals surface area contributed by atoms with E-state index in [9.17, 15) is 4.79 Å². The first-order valence-electron chi connectivity index (χ1n) is 8.39. The van der Waals surface area contributed by atoms with Crippen molar-refractivity contribution in [3.63, 3.8) is 0 Å². The summed E-state index contributed by atoms with van der Waals surface area (Å²) >= 11 is 6.03. The van der Waals surface area contributed by atoms with Crippen molar-refractivity contribution in [1.29, 1.82) is 0 Å². The maximum Gasteiger partial charge on any atom is 0.223 e. The van der Waals surface area contributed by atoms with Gasteiger partial charge in [0.15, 0.2) is 0 Å². The zero-order valence-corrected chi connectivity index (χ0v) is 15.2. The molecule has 2 aliphatic rings. The van der Waals surface area contributed by atoms with E-state index in [2.05, 4.69) is 29.7 Å². The van der Waals surface area contributed by atoms with Gasteiger partial charge in [0.1, 0.15) is 0 Å². The molecule has 1 atom stereocenters. The number of carbonyl (C=O) groups excluding carboxylic acids is 1. The van der Waals surface area contributed by atoms with Crippen LogP contribution in [0.5, 0.6) is 0 Å². The van der Waals surface area contributed by atoms with E-state index >= 15 is 0 Å². The number of carbonyl (C=O) groups is 1. The number of hydrogen-bond acceptors (Lipinski definition) is 2. The lowest BCUT2D eigenvalue weighted by Crippen LogP contribution is -2.54. The number of amides is 1. The minimum atomic E-state index is -0.203. The minimum Gasteiger partial charge on any atom is -0.346 e. The van der Waals surface area contributed by atoms with Crippen LogP contribution in [0.3, 0.4) is 0 Å². The first-order chi connectivity index (χ1) is 10.6. The quantitative estimate of drug-likeness (QED) is 0.858. The number of benzene rings is 1. The summed E-state index contributed by atoms with van der Waals surface area (Å²) in [6.07, 6.45) is 5.64. The molecule has 1 amide bonds. The van der Waals surface area contributed by atoms with Crippen LogP contribution in [0.4, 0.5) is 0 Å². The molecule has 1 aliphatic heterocycles. The smallest absolute Gasteiger partial charge is 0.223 e. The number of nitrogens with one attached hydrogen (secondary N) is 2. The summed E-state index contributed by atoms with van der Waals surface area (Å²) < 4.78 is 0. The highest BCUT2D eigenvalue weighted by Gasteiger charge is 2.38. The second kappa shape index (κ2) is 7.87. The van der Waals surface area contributed by atoms with Crippen molar-refractivity contribution in [2.45, 2.75) is 44.6 Å². The number of halogens is 2. The van der Waals surface area contributed by atoms with Crippen LogP contribution in [-0.4, -0.2) is 19.0 Å². The number of hydrogen-bond donors (Lipinski definition) is 2. The van der Waals surface area contributed by atoms with Gasteiger partial charge in [0, 0.05) is 10.9 Å². The first kappa shape index (κ1) is 18.6. The van der Waals surface area contributed by atoms with Crippen molar-refractivity contribution in [2.24, 2.45) is 11.8 Å². The lowest BCUT2D eigenvalue weighted by atomic mass is 9.76. The molecule has 1 unspecified atom stereocenters. The lowest BCUT2D eigenvalue weighted by Gasteiger charge is -2.41. The topological polar surface area (TPSA) is 41.1 Å². The summed E-state index contributed by atoms with van der Waals surface area (Å²) in [5.41, 5.74) is 0.995. The fourth-order valence-corrected chi connectivity index (χ4v) is 3.76. The average molecular weight is 357 g/mol. The summed E-state index contributed by atoms with van der Waals surface area (Å²) in [6.45, 7) is 3.98. The molecule has 1 aliphatic carbocycles. The Labute approximate surface area is 150 Å². The van der Waals surface area contributed by atoms with Crippen molar-refractivity contribution in [3.8, 4) is 0 Å². The highest BCUT2D eigenvalue weighted by molar-refractivity contribution is 6.30. The summed E-state index contributed by atoms with van der Waals surface area (Å²) in [5, 5.41) is 7.41. The molecule has 3 nitrogen and oxygen atoms in total. The summed E-state index contributed by atoms with van der Waals surface area (Å²) in [4.78, 5) is 12.7. The molecule has 1 aromatic rings. The van der Waals surface area contributed by atoms with Gasteiger partial charge in [-0.2, -0.15) is 0 Å². The Bertz CT molecular complexity index is 522. The van der Waals surface area contributed by atoms with Crippen LogP contribution in [0.15, 0.2) is 24.3 Å². The third-order valence-corrected chi connectivity index (χ3v) is 5.65. The second-order valence-electron chi connectivity index (χ2n) is 6.85. The summed E-state index contributed by atoms with van der Waals surface area (Å²) in [5.74, 6) is 0.751. The van der Waals surface area contributed by atoms with Gasteiger partial charge in [0.25, 0.3) is 0 Å². The fraction of sp³-hybridized carbons (Fsp3) is 0.611. The van der Waals surface area contributed by atoms with Gasteiger partial charge in [-0.25, -0.2) is 0 Å². The SMILES string of the molecule is CC(C(=O)NC1(c2ccc(Cl)cc2)CCCCC1)C1CNC1.Cl. The molecule has 3 rings (SSSR count). The molecular weight excluding hydrogens is 331 g/mol. The molecule has 0 spiro atoms. The van der Waals surface area contributed by atoms with Crippen LogP contribution in [0, 0.1) is 11.8 Å². The van der Waals surface area contributed by atoms with Crippen LogP contribution in [0.1, 0.15) is 44.6 Å². The van der Waals surface area contributed by atoms with Crippen LogP contribution >= 0.6 is 24.0 Å². The predicted octanol–water partition coefficient (Wildman–Crippen LogP) is 3.89. The summed E-state index contributed by atoms with van der Waals surface area (Å²) in [6, 6.07) is 8.00. The van der Waals surface area contributed by atoms with Crippen LogP contribution in [0.25, 0.3) is 0 Å². The van der Waals surface area contributed by atoms with Crippen LogP contribution in [0.2, 0.25) is 5.02 Å². The van der Waals surface area contributed by atoms with Crippen molar-refractivity contribution in [2.75, 3.05) is 13.1 Å². The highest BCUT2D eigenvalue weighted by Crippen LogP contribution is 2.38. The van der Waals surface area contributed by atoms with E-state index in [4.69, 9.17) is 11.6 Å². The monoisotopic (exact) mass is 356 g/mol. The van der Waals surface area contributed by atoms with E-state index in [1.165, 1.54) is 24.8 Å². The van der Waals surface area contributed by atoms with Gasteiger partial charge in [-0.3, -0.25) is 4.79 Å². The highest BCUT2D eigenvalue weighted by atomic mass is 35.5. The average Bonchev–Trinajstić information content (AvgIpc) is 2.47.